The first kappa shape index (κ1) is 18.9. The molecule has 0 saturated carbocycles. The van der Waals surface area contributed by atoms with Crippen LogP contribution in [0.4, 0.5) is 0 Å². The van der Waals surface area contributed by atoms with Gasteiger partial charge in [-0.1, -0.05) is 63.6 Å². The molecule has 2 rings (SSSR count). The molecular weight excluding hydrogens is 322 g/mol. The van der Waals surface area contributed by atoms with Gasteiger partial charge in [0.15, 0.2) is 0 Å². The second-order valence-electron chi connectivity index (χ2n) is 6.25. The van der Waals surface area contributed by atoms with Crippen LogP contribution >= 0.6 is 0 Å². The maximum Gasteiger partial charge on any atom is 0.299 e. The second kappa shape index (κ2) is 9.14. The molecule has 0 unspecified atom stereocenters. The highest BCUT2D eigenvalue weighted by Crippen LogP contribution is 2.24. The lowest BCUT2D eigenvalue weighted by atomic mass is 10.1. The van der Waals surface area contributed by atoms with Gasteiger partial charge in [-0.25, -0.2) is 0 Å². The molecular formula is C19H27NO3S. The molecule has 2 aromatic rings. The highest BCUT2D eigenvalue weighted by molar-refractivity contribution is 7.87. The molecule has 1 aromatic carbocycles. The van der Waals surface area contributed by atoms with Crippen LogP contribution in [0.3, 0.4) is 0 Å². The monoisotopic (exact) mass is 349 g/mol. The molecule has 24 heavy (non-hydrogen) atoms. The summed E-state index contributed by atoms with van der Waals surface area (Å²) >= 11 is 0. The highest BCUT2D eigenvalue weighted by atomic mass is 32.2. The van der Waals surface area contributed by atoms with E-state index in [1.165, 1.54) is 25.7 Å². The molecule has 0 aliphatic carbocycles. The summed E-state index contributed by atoms with van der Waals surface area (Å²) in [6.45, 7) is 4.02. The van der Waals surface area contributed by atoms with Crippen molar-refractivity contribution in [3.8, 4) is 0 Å². The predicted molar refractivity (Wildman–Crippen MR) is 97.5 cm³/mol. The van der Waals surface area contributed by atoms with Crippen molar-refractivity contribution in [2.75, 3.05) is 0 Å². The van der Waals surface area contributed by atoms with Gasteiger partial charge in [-0.05, 0) is 25.5 Å². The first-order chi connectivity index (χ1) is 11.5. The van der Waals surface area contributed by atoms with Gasteiger partial charge in [0.2, 0.25) is 0 Å². The largest absolute Gasteiger partial charge is 0.299 e. The van der Waals surface area contributed by atoms with E-state index in [0.717, 1.165) is 24.6 Å². The smallest absolute Gasteiger partial charge is 0.263 e. The van der Waals surface area contributed by atoms with Crippen molar-refractivity contribution in [2.24, 2.45) is 0 Å². The average molecular weight is 349 g/mol. The fraction of sp³-hybridized carbons (Fsp3) is 0.526. The summed E-state index contributed by atoms with van der Waals surface area (Å²) in [5.41, 5.74) is 0.465. The van der Waals surface area contributed by atoms with Crippen LogP contribution in [0.5, 0.6) is 0 Å². The van der Waals surface area contributed by atoms with Crippen LogP contribution < -0.4 is 0 Å². The van der Waals surface area contributed by atoms with Crippen molar-refractivity contribution in [3.63, 3.8) is 0 Å². The van der Waals surface area contributed by atoms with Crippen LogP contribution in [0.15, 0.2) is 41.4 Å². The van der Waals surface area contributed by atoms with Gasteiger partial charge >= 0.3 is 0 Å². The molecule has 0 bridgehead atoms. The van der Waals surface area contributed by atoms with E-state index >= 15 is 0 Å². The molecule has 0 spiro atoms. The summed E-state index contributed by atoms with van der Waals surface area (Å²) < 4.78 is 30.5. The Bertz CT molecular complexity index is 738. The Balaban J connectivity index is 1.95. The zero-order chi connectivity index (χ0) is 17.4. The van der Waals surface area contributed by atoms with E-state index in [1.807, 2.05) is 19.1 Å². The van der Waals surface area contributed by atoms with Crippen molar-refractivity contribution in [1.29, 1.82) is 0 Å². The number of rotatable bonds is 10. The molecule has 1 aromatic heterocycles. The second-order valence-corrected chi connectivity index (χ2v) is 7.79. The number of hydrogen-bond acceptors (Lipinski definition) is 4. The van der Waals surface area contributed by atoms with Gasteiger partial charge in [-0.2, -0.15) is 8.42 Å². The van der Waals surface area contributed by atoms with Gasteiger partial charge in [-0.15, -0.1) is 0 Å². The Morgan fingerprint density at radius 1 is 1.04 bits per heavy atom. The number of benzene rings is 1. The molecule has 1 heterocycles. The maximum absolute atomic E-state index is 12.6. The quantitative estimate of drug-likeness (QED) is 0.443. The standard InChI is InChI=1S/C19H27NO3S/c1-3-4-5-6-7-8-11-16(2)23-24(21,22)18-14-9-12-17-13-10-15-20-19(17)18/h9-10,12-16H,3-8,11H2,1-2H3/t16-/m1/s1. The Morgan fingerprint density at radius 2 is 1.75 bits per heavy atom. The Hall–Kier alpha value is -1.46. The van der Waals surface area contributed by atoms with E-state index in [0.29, 0.717) is 5.52 Å². The van der Waals surface area contributed by atoms with Crippen LogP contribution in [0, 0.1) is 0 Å². The molecule has 0 N–H and O–H groups in total. The predicted octanol–water partition coefficient (Wildman–Crippen LogP) is 5.08. The third-order valence-corrected chi connectivity index (χ3v) is 5.57. The summed E-state index contributed by atoms with van der Waals surface area (Å²) in [6.07, 6.45) is 9.13. The molecule has 0 amide bonds. The minimum Gasteiger partial charge on any atom is -0.263 e. The molecule has 5 heteroatoms. The van der Waals surface area contributed by atoms with Crippen molar-refractivity contribution in [1.82, 2.24) is 4.98 Å². The van der Waals surface area contributed by atoms with Crippen LogP contribution in [0.25, 0.3) is 10.9 Å². The summed E-state index contributed by atoms with van der Waals surface area (Å²) in [5.74, 6) is 0. The minimum absolute atomic E-state index is 0.149. The van der Waals surface area contributed by atoms with E-state index in [4.69, 9.17) is 4.18 Å². The van der Waals surface area contributed by atoms with Gasteiger partial charge in [0.1, 0.15) is 4.90 Å². The van der Waals surface area contributed by atoms with E-state index in [-0.39, 0.29) is 11.0 Å². The summed E-state index contributed by atoms with van der Waals surface area (Å²) in [6, 6.07) is 8.77. The lowest BCUT2D eigenvalue weighted by Crippen LogP contribution is -2.16. The fourth-order valence-corrected chi connectivity index (χ4v) is 4.09. The molecule has 4 nitrogen and oxygen atoms in total. The number of fused-ring (bicyclic) bond motifs is 1. The molecule has 0 fully saturated rings. The molecule has 0 saturated heterocycles. The highest BCUT2D eigenvalue weighted by Gasteiger charge is 2.22. The van der Waals surface area contributed by atoms with Crippen molar-refractivity contribution in [2.45, 2.75) is 69.8 Å². The lowest BCUT2D eigenvalue weighted by molar-refractivity contribution is 0.214. The Labute approximate surface area is 145 Å². The zero-order valence-corrected chi connectivity index (χ0v) is 15.4. The van der Waals surface area contributed by atoms with Gasteiger partial charge < -0.3 is 0 Å². The lowest BCUT2D eigenvalue weighted by Gasteiger charge is -2.14. The molecule has 1 atom stereocenters. The third kappa shape index (κ3) is 5.28. The van der Waals surface area contributed by atoms with Crippen molar-refractivity contribution >= 4 is 21.0 Å². The van der Waals surface area contributed by atoms with Gasteiger partial charge in [0.25, 0.3) is 10.1 Å². The van der Waals surface area contributed by atoms with Crippen LogP contribution in [0.1, 0.15) is 58.8 Å². The molecule has 132 valence electrons. The van der Waals surface area contributed by atoms with Gasteiger partial charge in [-0.3, -0.25) is 9.17 Å². The minimum atomic E-state index is -3.80. The summed E-state index contributed by atoms with van der Waals surface area (Å²) in [4.78, 5) is 4.35. The first-order valence-corrected chi connectivity index (χ1v) is 10.2. The summed E-state index contributed by atoms with van der Waals surface area (Å²) in [5, 5.41) is 0.797. The van der Waals surface area contributed by atoms with Gasteiger partial charge in [0, 0.05) is 11.6 Å². The molecule has 0 aliphatic rings. The van der Waals surface area contributed by atoms with E-state index in [2.05, 4.69) is 11.9 Å². The number of pyridine rings is 1. The SMILES string of the molecule is CCCCCCCC[C@@H](C)OS(=O)(=O)c1cccc2cccnc12. The average Bonchev–Trinajstić information content (AvgIpc) is 2.57. The third-order valence-electron chi connectivity index (χ3n) is 4.12. The maximum atomic E-state index is 12.6. The van der Waals surface area contributed by atoms with E-state index in [9.17, 15) is 8.42 Å². The number of para-hydroxylation sites is 1. The first-order valence-electron chi connectivity index (χ1n) is 8.81. The number of hydrogen-bond donors (Lipinski definition) is 0. The topological polar surface area (TPSA) is 56.3 Å². The number of unbranched alkanes of at least 4 members (excludes halogenated alkanes) is 5. The van der Waals surface area contributed by atoms with Crippen molar-refractivity contribution in [3.05, 3.63) is 36.5 Å². The van der Waals surface area contributed by atoms with Gasteiger partial charge in [0.05, 0.1) is 11.6 Å². The summed E-state index contributed by atoms with van der Waals surface area (Å²) in [7, 11) is -3.80. The van der Waals surface area contributed by atoms with E-state index in [1.54, 1.807) is 24.4 Å². The van der Waals surface area contributed by atoms with Crippen LogP contribution in [-0.2, 0) is 14.3 Å². The normalized spacial score (nSPS) is 13.2. The van der Waals surface area contributed by atoms with Crippen LogP contribution in [0.2, 0.25) is 0 Å². The molecule has 0 aliphatic heterocycles. The zero-order valence-electron chi connectivity index (χ0n) is 14.6. The Morgan fingerprint density at radius 3 is 2.54 bits per heavy atom. The van der Waals surface area contributed by atoms with Crippen molar-refractivity contribution < 1.29 is 12.6 Å². The fourth-order valence-electron chi connectivity index (χ4n) is 2.81. The Kier molecular flexibility index (Phi) is 7.18. The van der Waals surface area contributed by atoms with Crippen LogP contribution in [-0.4, -0.2) is 19.5 Å². The number of nitrogens with zero attached hydrogens (tertiary/aromatic N) is 1. The molecule has 0 radical (unpaired) electrons. The number of aromatic nitrogens is 1. The van der Waals surface area contributed by atoms with E-state index < -0.39 is 10.1 Å².